The summed E-state index contributed by atoms with van der Waals surface area (Å²) in [6, 6.07) is 12.5. The third-order valence-electron chi connectivity index (χ3n) is 3.47. The van der Waals surface area contributed by atoms with E-state index in [0.717, 1.165) is 22.4 Å². The second-order valence-electron chi connectivity index (χ2n) is 4.79. The number of hydrogen-bond acceptors (Lipinski definition) is 3. The molecule has 20 heavy (non-hydrogen) atoms. The van der Waals surface area contributed by atoms with Gasteiger partial charge in [-0.1, -0.05) is 18.2 Å². The van der Waals surface area contributed by atoms with E-state index in [1.807, 2.05) is 30.3 Å². The molecule has 0 aliphatic heterocycles. The zero-order valence-corrected chi connectivity index (χ0v) is 11.1. The highest BCUT2D eigenvalue weighted by molar-refractivity contribution is 6.15. The summed E-state index contributed by atoms with van der Waals surface area (Å²) < 4.78 is 5.11. The number of phenolic OH excluding ortho intramolecular Hbond substituents is 1. The Bertz CT molecular complexity index is 697. The van der Waals surface area contributed by atoms with Crippen molar-refractivity contribution >= 4 is 11.9 Å². The summed E-state index contributed by atoms with van der Waals surface area (Å²) in [4.78, 5) is 12.3. The molecule has 0 heterocycles. The highest BCUT2D eigenvalue weighted by Crippen LogP contribution is 2.30. The number of phenols is 1. The van der Waals surface area contributed by atoms with Gasteiger partial charge in [0.05, 0.1) is 7.11 Å². The molecule has 0 radical (unpaired) electrons. The van der Waals surface area contributed by atoms with Crippen molar-refractivity contribution in [3.8, 4) is 11.5 Å². The van der Waals surface area contributed by atoms with E-state index in [4.69, 9.17) is 4.74 Å². The molecule has 0 aromatic heterocycles. The first-order chi connectivity index (χ1) is 9.67. The summed E-state index contributed by atoms with van der Waals surface area (Å²) in [6.45, 7) is 0. The molecular formula is C17H14O3. The maximum absolute atomic E-state index is 12.3. The number of carbonyl (C=O) groups excluding carboxylic acids is 1. The molecule has 2 aromatic carbocycles. The molecule has 0 amide bonds. The van der Waals surface area contributed by atoms with Gasteiger partial charge in [0, 0.05) is 17.6 Å². The third kappa shape index (κ3) is 2.18. The van der Waals surface area contributed by atoms with E-state index in [1.54, 1.807) is 19.2 Å². The first-order valence-electron chi connectivity index (χ1n) is 6.38. The number of hydrogen-bond donors (Lipinski definition) is 1. The maximum Gasteiger partial charge on any atom is 0.189 e. The molecule has 1 aliphatic carbocycles. The lowest BCUT2D eigenvalue weighted by Crippen LogP contribution is -1.95. The number of Topliss-reactive ketones (excluding diaryl/α,β-unsaturated/α-hetero) is 1. The molecule has 0 fully saturated rings. The van der Waals surface area contributed by atoms with E-state index in [2.05, 4.69) is 0 Å². The lowest BCUT2D eigenvalue weighted by molar-refractivity contribution is 0.104. The quantitative estimate of drug-likeness (QED) is 0.849. The van der Waals surface area contributed by atoms with Crippen molar-refractivity contribution in [2.75, 3.05) is 7.11 Å². The van der Waals surface area contributed by atoms with Crippen molar-refractivity contribution < 1.29 is 14.6 Å². The Morgan fingerprint density at radius 2 is 1.90 bits per heavy atom. The molecule has 0 atom stereocenters. The van der Waals surface area contributed by atoms with Crippen molar-refractivity contribution in [3.05, 3.63) is 64.7 Å². The second-order valence-corrected chi connectivity index (χ2v) is 4.79. The number of aromatic hydroxyl groups is 1. The van der Waals surface area contributed by atoms with Gasteiger partial charge in [-0.3, -0.25) is 4.79 Å². The minimum Gasteiger partial charge on any atom is -0.508 e. The van der Waals surface area contributed by atoms with Crippen LogP contribution in [0.5, 0.6) is 11.5 Å². The Balaban J connectivity index is 1.92. The smallest absolute Gasteiger partial charge is 0.189 e. The van der Waals surface area contributed by atoms with Crippen LogP contribution in [0.1, 0.15) is 21.5 Å². The molecule has 3 heteroatoms. The van der Waals surface area contributed by atoms with Gasteiger partial charge in [-0.15, -0.1) is 0 Å². The van der Waals surface area contributed by atoms with Crippen LogP contribution in [0.2, 0.25) is 0 Å². The number of methoxy groups -OCH3 is 1. The Kier molecular flexibility index (Phi) is 3.03. The van der Waals surface area contributed by atoms with E-state index in [9.17, 15) is 9.90 Å². The van der Waals surface area contributed by atoms with Crippen molar-refractivity contribution in [2.24, 2.45) is 0 Å². The maximum atomic E-state index is 12.3. The predicted octanol–water partition coefficient (Wildman–Crippen LogP) is 3.22. The zero-order valence-electron chi connectivity index (χ0n) is 11.1. The Morgan fingerprint density at radius 3 is 2.60 bits per heavy atom. The predicted molar refractivity (Wildman–Crippen MR) is 77.1 cm³/mol. The highest BCUT2D eigenvalue weighted by Gasteiger charge is 2.24. The van der Waals surface area contributed by atoms with E-state index in [-0.39, 0.29) is 11.5 Å². The van der Waals surface area contributed by atoms with Gasteiger partial charge in [-0.2, -0.15) is 0 Å². The van der Waals surface area contributed by atoms with E-state index >= 15 is 0 Å². The van der Waals surface area contributed by atoms with E-state index in [0.29, 0.717) is 12.0 Å². The van der Waals surface area contributed by atoms with E-state index in [1.165, 1.54) is 6.07 Å². The van der Waals surface area contributed by atoms with Crippen LogP contribution in [0.3, 0.4) is 0 Å². The van der Waals surface area contributed by atoms with Gasteiger partial charge in [0.1, 0.15) is 11.5 Å². The summed E-state index contributed by atoms with van der Waals surface area (Å²) in [5, 5.41) is 9.46. The first-order valence-corrected chi connectivity index (χ1v) is 6.38. The van der Waals surface area contributed by atoms with Gasteiger partial charge in [-0.25, -0.2) is 0 Å². The van der Waals surface area contributed by atoms with Gasteiger partial charge in [0.25, 0.3) is 0 Å². The van der Waals surface area contributed by atoms with Crippen LogP contribution in [0, 0.1) is 0 Å². The van der Waals surface area contributed by atoms with Crippen molar-refractivity contribution in [2.45, 2.75) is 6.42 Å². The fraction of sp³-hybridized carbons (Fsp3) is 0.118. The Hall–Kier alpha value is -2.55. The number of rotatable bonds is 2. The van der Waals surface area contributed by atoms with Crippen molar-refractivity contribution in [3.63, 3.8) is 0 Å². The lowest BCUT2D eigenvalue weighted by Gasteiger charge is -2.00. The fourth-order valence-electron chi connectivity index (χ4n) is 2.41. The third-order valence-corrected chi connectivity index (χ3v) is 3.47. The largest absolute Gasteiger partial charge is 0.508 e. The van der Waals surface area contributed by atoms with Crippen molar-refractivity contribution in [1.82, 2.24) is 0 Å². The van der Waals surface area contributed by atoms with Crippen LogP contribution in [-0.4, -0.2) is 18.0 Å². The summed E-state index contributed by atoms with van der Waals surface area (Å²) in [5.74, 6) is 0.910. The van der Waals surface area contributed by atoms with Crippen LogP contribution >= 0.6 is 0 Å². The van der Waals surface area contributed by atoms with Crippen LogP contribution in [0.25, 0.3) is 6.08 Å². The number of fused-ring (bicyclic) bond motifs is 1. The fourth-order valence-corrected chi connectivity index (χ4v) is 2.41. The summed E-state index contributed by atoms with van der Waals surface area (Å²) in [5.41, 5.74) is 3.28. The van der Waals surface area contributed by atoms with Crippen LogP contribution in [0.15, 0.2) is 48.0 Å². The average molecular weight is 266 g/mol. The summed E-state index contributed by atoms with van der Waals surface area (Å²) in [7, 11) is 1.62. The Morgan fingerprint density at radius 1 is 1.15 bits per heavy atom. The van der Waals surface area contributed by atoms with Gasteiger partial charge >= 0.3 is 0 Å². The number of ketones is 1. The molecule has 0 bridgehead atoms. The molecule has 0 spiro atoms. The second kappa shape index (κ2) is 4.85. The van der Waals surface area contributed by atoms with Crippen LogP contribution in [-0.2, 0) is 6.42 Å². The number of ether oxygens (including phenoxy) is 1. The van der Waals surface area contributed by atoms with Crippen molar-refractivity contribution in [1.29, 1.82) is 0 Å². The van der Waals surface area contributed by atoms with Gasteiger partial charge in [-0.05, 0) is 41.5 Å². The molecule has 3 nitrogen and oxygen atoms in total. The summed E-state index contributed by atoms with van der Waals surface area (Å²) >= 11 is 0. The highest BCUT2D eigenvalue weighted by atomic mass is 16.5. The van der Waals surface area contributed by atoms with Gasteiger partial charge in [0.2, 0.25) is 0 Å². The average Bonchev–Trinajstić information content (AvgIpc) is 2.76. The molecule has 0 unspecified atom stereocenters. The first kappa shape index (κ1) is 12.5. The molecule has 100 valence electrons. The standard InChI is InChI=1S/C17H14O3/c1-20-15-6-2-11(3-7-15)8-13-9-12-4-5-14(18)10-16(12)17(13)19/h2-8,10,18H,9H2,1H3. The molecular weight excluding hydrogens is 252 g/mol. The zero-order chi connectivity index (χ0) is 14.1. The molecule has 1 aliphatic rings. The number of allylic oxidation sites excluding steroid dienone is 1. The number of carbonyl (C=O) groups is 1. The molecule has 2 aromatic rings. The molecule has 0 saturated carbocycles. The van der Waals surface area contributed by atoms with Crippen LogP contribution in [0.4, 0.5) is 0 Å². The van der Waals surface area contributed by atoms with Gasteiger partial charge in [0.15, 0.2) is 5.78 Å². The Labute approximate surface area is 117 Å². The minimum atomic E-state index is -0.00767. The molecule has 3 rings (SSSR count). The van der Waals surface area contributed by atoms with Crippen LogP contribution < -0.4 is 4.74 Å². The van der Waals surface area contributed by atoms with Gasteiger partial charge < -0.3 is 9.84 Å². The topological polar surface area (TPSA) is 46.5 Å². The monoisotopic (exact) mass is 266 g/mol. The number of benzene rings is 2. The molecule has 1 N–H and O–H groups in total. The minimum absolute atomic E-state index is 0.00767. The summed E-state index contributed by atoms with van der Waals surface area (Å²) in [6.07, 6.45) is 2.50. The molecule has 0 saturated heterocycles. The lowest BCUT2D eigenvalue weighted by atomic mass is 10.1. The van der Waals surface area contributed by atoms with E-state index < -0.39 is 0 Å². The normalized spacial score (nSPS) is 15.4. The SMILES string of the molecule is COc1ccc(C=C2Cc3ccc(O)cc3C2=O)cc1.